The van der Waals surface area contributed by atoms with Crippen LogP contribution in [0.4, 0.5) is 0 Å². The summed E-state index contributed by atoms with van der Waals surface area (Å²) in [5.41, 5.74) is 7.97. The van der Waals surface area contributed by atoms with Crippen LogP contribution in [0, 0.1) is 58.3 Å². The van der Waals surface area contributed by atoms with Gasteiger partial charge in [0.15, 0.2) is 0 Å². The molecule has 1 amide bonds. The number of nitrogens with zero attached hydrogens (tertiary/aromatic N) is 1. The second kappa shape index (κ2) is 6.48. The maximum absolute atomic E-state index is 13.5. The molecule has 5 atom stereocenters. The van der Waals surface area contributed by atoms with E-state index in [9.17, 15) is 4.79 Å². The van der Waals surface area contributed by atoms with Crippen LogP contribution < -0.4 is 0 Å². The van der Waals surface area contributed by atoms with Crippen LogP contribution >= 0.6 is 0 Å². The zero-order valence-corrected chi connectivity index (χ0v) is 18.4. The number of hydrogen-bond acceptors (Lipinski definition) is 1. The Bertz CT molecular complexity index is 714. The Kier molecular flexibility index (Phi) is 4.88. The van der Waals surface area contributed by atoms with Crippen LogP contribution in [0.15, 0.2) is 0 Å². The number of amides is 1. The van der Waals surface area contributed by atoms with Gasteiger partial charge in [-0.15, -0.1) is 0 Å². The van der Waals surface area contributed by atoms with E-state index in [4.69, 9.17) is 0 Å². The van der Waals surface area contributed by atoms with Crippen LogP contribution in [0.5, 0.6) is 0 Å². The Labute approximate surface area is 160 Å². The topological polar surface area (TPSA) is 17.1 Å². The Morgan fingerprint density at radius 1 is 0.846 bits per heavy atom. The molecular weight excluding hydrogens is 318 g/mol. The minimum Gasteiger partial charge on any atom is -0.262 e. The smallest absolute Gasteiger partial charge is 0.262 e. The van der Waals surface area contributed by atoms with E-state index >= 15 is 0 Å². The van der Waals surface area contributed by atoms with Gasteiger partial charge in [-0.25, -0.2) is 4.79 Å². The van der Waals surface area contributed by atoms with E-state index in [1.807, 2.05) is 0 Å². The Hall–Kier alpha value is -1.15. The highest BCUT2D eigenvalue weighted by atomic mass is 16.2. The quantitative estimate of drug-likeness (QED) is 0.692. The maximum atomic E-state index is 13.5. The average molecular weight is 357 g/mol. The number of benzene rings is 1. The van der Waals surface area contributed by atoms with Crippen LogP contribution in [0.25, 0.3) is 0 Å². The SMILES string of the molecule is Cc1c(C)c(C)c(CC(=O)[N+](C)(C)[C@@H]2CC3CC2[C@@H](C)[C@H]3C)c(C)c1C. The lowest BCUT2D eigenvalue weighted by Crippen LogP contribution is -2.57. The minimum absolute atomic E-state index is 0.385. The van der Waals surface area contributed by atoms with Crippen molar-refractivity contribution in [2.24, 2.45) is 23.7 Å². The first-order valence-electron chi connectivity index (χ1n) is 10.4. The molecule has 2 aliphatic carbocycles. The second-order valence-corrected chi connectivity index (χ2v) is 9.89. The van der Waals surface area contributed by atoms with Crippen LogP contribution in [-0.2, 0) is 11.2 Å². The lowest BCUT2D eigenvalue weighted by atomic mass is 9.77. The fraction of sp³-hybridized carbons (Fsp3) is 0.708. The summed E-state index contributed by atoms with van der Waals surface area (Å²) in [6.45, 7) is 15.8. The molecule has 0 heterocycles. The molecule has 2 bridgehead atoms. The molecular formula is C24H38NO+. The van der Waals surface area contributed by atoms with E-state index in [1.54, 1.807) is 0 Å². The fourth-order valence-corrected chi connectivity index (χ4v) is 6.03. The molecule has 0 N–H and O–H groups in total. The Morgan fingerprint density at radius 3 is 1.81 bits per heavy atom. The lowest BCUT2D eigenvalue weighted by molar-refractivity contribution is -0.845. The van der Waals surface area contributed by atoms with Crippen LogP contribution in [-0.4, -0.2) is 30.5 Å². The number of carbonyl (C=O) groups is 1. The summed E-state index contributed by atoms with van der Waals surface area (Å²) in [5.74, 6) is 3.53. The molecule has 3 rings (SSSR count). The van der Waals surface area contributed by atoms with E-state index in [2.05, 4.69) is 62.6 Å². The zero-order chi connectivity index (χ0) is 19.5. The van der Waals surface area contributed by atoms with Gasteiger partial charge in [0.25, 0.3) is 0 Å². The summed E-state index contributed by atoms with van der Waals surface area (Å²) in [6, 6.07) is 0.506. The maximum Gasteiger partial charge on any atom is 0.317 e. The van der Waals surface area contributed by atoms with Gasteiger partial charge < -0.3 is 0 Å². The highest BCUT2D eigenvalue weighted by molar-refractivity contribution is 5.74. The second-order valence-electron chi connectivity index (χ2n) is 9.89. The molecule has 1 aromatic carbocycles. The van der Waals surface area contributed by atoms with Crippen molar-refractivity contribution < 1.29 is 9.28 Å². The van der Waals surface area contributed by atoms with E-state index in [1.165, 1.54) is 46.2 Å². The molecule has 0 saturated heterocycles. The third-order valence-electron chi connectivity index (χ3n) is 8.82. The molecule has 2 fully saturated rings. The van der Waals surface area contributed by atoms with Gasteiger partial charge in [0.05, 0.1) is 26.6 Å². The molecule has 2 unspecified atom stereocenters. The molecule has 0 aromatic heterocycles. The molecule has 2 saturated carbocycles. The largest absolute Gasteiger partial charge is 0.317 e. The predicted molar refractivity (Wildman–Crippen MR) is 109 cm³/mol. The van der Waals surface area contributed by atoms with E-state index in [-0.39, 0.29) is 0 Å². The van der Waals surface area contributed by atoms with Gasteiger partial charge in [-0.3, -0.25) is 4.48 Å². The highest BCUT2D eigenvalue weighted by Gasteiger charge is 2.56. The van der Waals surface area contributed by atoms with Gasteiger partial charge in [-0.2, -0.15) is 0 Å². The minimum atomic E-state index is 0.385. The lowest BCUT2D eigenvalue weighted by Gasteiger charge is -2.42. The van der Waals surface area contributed by atoms with Gasteiger partial charge in [-0.1, -0.05) is 13.8 Å². The first-order valence-corrected chi connectivity index (χ1v) is 10.4. The van der Waals surface area contributed by atoms with Gasteiger partial charge in [0.1, 0.15) is 0 Å². The van der Waals surface area contributed by atoms with Crippen molar-refractivity contribution in [3.63, 3.8) is 0 Å². The molecule has 26 heavy (non-hydrogen) atoms. The molecule has 0 spiro atoms. The molecule has 0 aliphatic heterocycles. The van der Waals surface area contributed by atoms with E-state index < -0.39 is 0 Å². The summed E-state index contributed by atoms with van der Waals surface area (Å²) < 4.78 is 0.559. The third-order valence-corrected chi connectivity index (χ3v) is 8.82. The molecule has 2 aliphatic rings. The average Bonchev–Trinajstić information content (AvgIpc) is 3.15. The third kappa shape index (κ3) is 2.76. The fourth-order valence-electron chi connectivity index (χ4n) is 6.03. The van der Waals surface area contributed by atoms with Crippen molar-refractivity contribution in [1.82, 2.24) is 0 Å². The van der Waals surface area contributed by atoms with E-state index in [0.717, 1.165) is 23.7 Å². The molecule has 2 nitrogen and oxygen atoms in total. The van der Waals surface area contributed by atoms with Crippen LogP contribution in [0.2, 0.25) is 0 Å². The zero-order valence-electron chi connectivity index (χ0n) is 18.4. The molecule has 1 aromatic rings. The number of carbonyl (C=O) groups excluding carboxylic acids is 1. The monoisotopic (exact) mass is 356 g/mol. The number of rotatable bonds is 3. The standard InChI is InChI=1S/C24H38NO/c1-13-14(2)17(5)21(18(6)15(13)3)12-24(26)25(8,9)23-11-20-10-22(23)19(7)16(20)4/h16,19-20,22-23H,10-12H2,1-9H3/q+1/t16-,19+,20?,22?,23-/m1/s1. The summed E-state index contributed by atoms with van der Waals surface area (Å²) in [6.07, 6.45) is 3.14. The van der Waals surface area contributed by atoms with Crippen LogP contribution in [0.1, 0.15) is 60.1 Å². The first kappa shape index (κ1) is 19.6. The van der Waals surface area contributed by atoms with Gasteiger partial charge in [0, 0.05) is 12.3 Å². The molecule has 0 radical (unpaired) electrons. The van der Waals surface area contributed by atoms with Gasteiger partial charge in [0.2, 0.25) is 0 Å². The van der Waals surface area contributed by atoms with Crippen molar-refractivity contribution in [2.75, 3.05) is 14.1 Å². The van der Waals surface area contributed by atoms with Crippen LogP contribution in [0.3, 0.4) is 0 Å². The Morgan fingerprint density at radius 2 is 1.35 bits per heavy atom. The number of likely N-dealkylation sites (N-methyl/N-ethyl adjacent to an activating group) is 1. The molecule has 144 valence electrons. The Balaban J connectivity index is 1.87. The summed E-state index contributed by atoms with van der Waals surface area (Å²) in [4.78, 5) is 13.5. The number of fused-ring (bicyclic) bond motifs is 2. The van der Waals surface area contributed by atoms with E-state index in [0.29, 0.717) is 22.9 Å². The summed E-state index contributed by atoms with van der Waals surface area (Å²) in [7, 11) is 4.34. The first-order chi connectivity index (χ1) is 12.0. The van der Waals surface area contributed by atoms with Gasteiger partial charge in [-0.05, 0) is 92.2 Å². The molecule has 2 heteroatoms. The van der Waals surface area contributed by atoms with Crippen molar-refractivity contribution in [2.45, 2.75) is 73.8 Å². The normalized spacial score (nSPS) is 30.9. The van der Waals surface area contributed by atoms with Gasteiger partial charge >= 0.3 is 5.91 Å². The summed E-state index contributed by atoms with van der Waals surface area (Å²) in [5, 5.41) is 0. The van der Waals surface area contributed by atoms with Crippen molar-refractivity contribution in [3.8, 4) is 0 Å². The predicted octanol–water partition coefficient (Wildman–Crippen LogP) is 5.05. The summed E-state index contributed by atoms with van der Waals surface area (Å²) >= 11 is 0. The van der Waals surface area contributed by atoms with Crippen molar-refractivity contribution >= 4 is 5.91 Å². The highest BCUT2D eigenvalue weighted by Crippen LogP contribution is 2.54. The number of quaternary nitrogens is 1. The van der Waals surface area contributed by atoms with Crippen molar-refractivity contribution in [3.05, 3.63) is 33.4 Å². The van der Waals surface area contributed by atoms with Crippen molar-refractivity contribution in [1.29, 1.82) is 0 Å². The number of hydrogen-bond donors (Lipinski definition) is 0.